The lowest BCUT2D eigenvalue weighted by atomic mass is 10.0. The molecule has 1 rings (SSSR count). The molecule has 1 heterocycles. The Morgan fingerprint density at radius 3 is 3.07 bits per heavy atom. The lowest BCUT2D eigenvalue weighted by Gasteiger charge is -2.13. The first-order valence-electron chi connectivity index (χ1n) is 4.71. The van der Waals surface area contributed by atoms with Crippen molar-refractivity contribution in [3.05, 3.63) is 12.8 Å². The summed E-state index contributed by atoms with van der Waals surface area (Å²) in [5.41, 5.74) is 0. The van der Waals surface area contributed by atoms with Crippen LogP contribution in [0.4, 0.5) is 0 Å². The third-order valence-electron chi connectivity index (χ3n) is 2.21. The zero-order chi connectivity index (χ0) is 10.4. The molecule has 1 saturated heterocycles. The molecule has 0 aromatic carbocycles. The molecule has 14 heavy (non-hydrogen) atoms. The fourth-order valence-corrected chi connectivity index (χ4v) is 1.43. The predicted molar refractivity (Wildman–Crippen MR) is 55.0 cm³/mol. The van der Waals surface area contributed by atoms with Gasteiger partial charge in [0.15, 0.2) is 0 Å². The van der Waals surface area contributed by atoms with E-state index >= 15 is 0 Å². The summed E-state index contributed by atoms with van der Waals surface area (Å²) < 4.78 is 5.20. The Hall–Kier alpha value is -1.16. The van der Waals surface area contributed by atoms with Gasteiger partial charge in [-0.15, -0.1) is 0 Å². The van der Waals surface area contributed by atoms with Gasteiger partial charge in [-0.3, -0.25) is 14.7 Å². The van der Waals surface area contributed by atoms with Crippen LogP contribution in [0.3, 0.4) is 0 Å². The van der Waals surface area contributed by atoms with Crippen molar-refractivity contribution in [3.8, 4) is 0 Å². The highest BCUT2D eigenvalue weighted by molar-refractivity contribution is 5.89. The van der Waals surface area contributed by atoms with Gasteiger partial charge in [0.1, 0.15) is 0 Å². The fraction of sp³-hybridized carbons (Fsp3) is 0.600. The van der Waals surface area contributed by atoms with Crippen LogP contribution in [0, 0.1) is 5.92 Å². The third-order valence-corrected chi connectivity index (χ3v) is 2.21. The summed E-state index contributed by atoms with van der Waals surface area (Å²) in [5, 5.41) is 0. The molecule has 0 spiro atoms. The van der Waals surface area contributed by atoms with Crippen molar-refractivity contribution in [2.45, 2.75) is 12.8 Å². The Labute approximate surface area is 84.3 Å². The molecule has 0 saturated carbocycles. The molecule has 0 bridgehead atoms. The van der Waals surface area contributed by atoms with Gasteiger partial charge in [-0.2, -0.15) is 0 Å². The highest BCUT2D eigenvalue weighted by Crippen LogP contribution is 2.17. The maximum atomic E-state index is 11.6. The van der Waals surface area contributed by atoms with E-state index in [0.717, 1.165) is 13.0 Å². The first-order valence-corrected chi connectivity index (χ1v) is 4.71. The average molecular weight is 196 g/mol. The normalized spacial score (nSPS) is 21.4. The van der Waals surface area contributed by atoms with Crippen LogP contribution in [0.15, 0.2) is 17.8 Å². The van der Waals surface area contributed by atoms with Crippen molar-refractivity contribution in [1.82, 2.24) is 4.90 Å². The number of carbonyl (C=O) groups excluding carboxylic acids is 1. The van der Waals surface area contributed by atoms with E-state index < -0.39 is 0 Å². The SMILES string of the molecule is C=CN(C=NC)C(=O)CC1CCOC1. The van der Waals surface area contributed by atoms with E-state index in [4.69, 9.17) is 4.74 Å². The topological polar surface area (TPSA) is 41.9 Å². The van der Waals surface area contributed by atoms with E-state index in [1.54, 1.807) is 7.05 Å². The number of rotatable bonds is 4. The third kappa shape index (κ3) is 2.96. The van der Waals surface area contributed by atoms with Gasteiger partial charge >= 0.3 is 0 Å². The highest BCUT2D eigenvalue weighted by atomic mass is 16.5. The molecule has 1 atom stereocenters. The van der Waals surface area contributed by atoms with Crippen LogP contribution in [0.5, 0.6) is 0 Å². The van der Waals surface area contributed by atoms with Crippen LogP contribution < -0.4 is 0 Å². The number of amides is 1. The van der Waals surface area contributed by atoms with E-state index in [1.807, 2.05) is 0 Å². The van der Waals surface area contributed by atoms with Gasteiger partial charge < -0.3 is 4.74 Å². The van der Waals surface area contributed by atoms with Crippen LogP contribution in [-0.2, 0) is 9.53 Å². The molecule has 0 N–H and O–H groups in total. The zero-order valence-electron chi connectivity index (χ0n) is 8.48. The maximum absolute atomic E-state index is 11.6. The minimum Gasteiger partial charge on any atom is -0.381 e. The van der Waals surface area contributed by atoms with Gasteiger partial charge in [-0.25, -0.2) is 0 Å². The Balaban J connectivity index is 2.42. The Bertz CT molecular complexity index is 232. The van der Waals surface area contributed by atoms with Crippen molar-refractivity contribution in [2.24, 2.45) is 10.9 Å². The van der Waals surface area contributed by atoms with Gasteiger partial charge in [0.25, 0.3) is 0 Å². The molecule has 1 amide bonds. The number of carbonyl (C=O) groups is 1. The molecule has 1 fully saturated rings. The van der Waals surface area contributed by atoms with E-state index in [1.165, 1.54) is 17.4 Å². The fourth-order valence-electron chi connectivity index (χ4n) is 1.43. The first kappa shape index (κ1) is 10.9. The largest absolute Gasteiger partial charge is 0.381 e. The van der Waals surface area contributed by atoms with Crippen molar-refractivity contribution in [3.63, 3.8) is 0 Å². The molecular formula is C10H16N2O2. The summed E-state index contributed by atoms with van der Waals surface area (Å²) in [5.74, 6) is 0.385. The van der Waals surface area contributed by atoms with Crippen LogP contribution in [0.25, 0.3) is 0 Å². The molecule has 4 heteroatoms. The quantitative estimate of drug-likeness (QED) is 0.498. The number of hydrogen-bond donors (Lipinski definition) is 0. The smallest absolute Gasteiger partial charge is 0.232 e. The van der Waals surface area contributed by atoms with Gasteiger partial charge in [0, 0.05) is 32.9 Å². The Morgan fingerprint density at radius 1 is 1.79 bits per heavy atom. The summed E-state index contributed by atoms with van der Waals surface area (Å²) >= 11 is 0. The van der Waals surface area contributed by atoms with E-state index in [2.05, 4.69) is 11.6 Å². The summed E-state index contributed by atoms with van der Waals surface area (Å²) in [7, 11) is 1.63. The second-order valence-electron chi connectivity index (χ2n) is 3.29. The molecule has 1 aliphatic rings. The van der Waals surface area contributed by atoms with Gasteiger partial charge in [0.2, 0.25) is 5.91 Å². The monoisotopic (exact) mass is 196 g/mol. The zero-order valence-corrected chi connectivity index (χ0v) is 8.48. The highest BCUT2D eigenvalue weighted by Gasteiger charge is 2.20. The van der Waals surface area contributed by atoms with Crippen molar-refractivity contribution < 1.29 is 9.53 Å². The summed E-state index contributed by atoms with van der Waals surface area (Å²) in [4.78, 5) is 16.8. The molecule has 0 radical (unpaired) electrons. The molecular weight excluding hydrogens is 180 g/mol. The van der Waals surface area contributed by atoms with E-state index in [0.29, 0.717) is 18.9 Å². The van der Waals surface area contributed by atoms with Crippen LogP contribution in [-0.4, -0.2) is 37.4 Å². The minimum atomic E-state index is 0.0288. The summed E-state index contributed by atoms with van der Waals surface area (Å²) in [6, 6.07) is 0. The Kier molecular flexibility index (Phi) is 4.32. The van der Waals surface area contributed by atoms with Crippen molar-refractivity contribution in [2.75, 3.05) is 20.3 Å². The van der Waals surface area contributed by atoms with Gasteiger partial charge in [0.05, 0.1) is 6.34 Å². The lowest BCUT2D eigenvalue weighted by molar-refractivity contribution is -0.126. The molecule has 1 aliphatic heterocycles. The van der Waals surface area contributed by atoms with E-state index in [-0.39, 0.29) is 5.91 Å². The number of hydrogen-bond acceptors (Lipinski definition) is 3. The van der Waals surface area contributed by atoms with Crippen LogP contribution in [0.2, 0.25) is 0 Å². The molecule has 78 valence electrons. The van der Waals surface area contributed by atoms with Gasteiger partial charge in [-0.05, 0) is 12.3 Å². The molecule has 0 aliphatic carbocycles. The number of ether oxygens (including phenoxy) is 1. The second kappa shape index (κ2) is 5.54. The van der Waals surface area contributed by atoms with Crippen molar-refractivity contribution >= 4 is 12.2 Å². The maximum Gasteiger partial charge on any atom is 0.232 e. The van der Waals surface area contributed by atoms with Crippen LogP contribution in [0.1, 0.15) is 12.8 Å². The first-order chi connectivity index (χ1) is 6.77. The standard InChI is InChI=1S/C10H16N2O2/c1-3-12(8-11-2)10(13)6-9-4-5-14-7-9/h3,8-9H,1,4-7H2,2H3. The minimum absolute atomic E-state index is 0.0288. The predicted octanol–water partition coefficient (Wildman–Crippen LogP) is 1.04. The number of nitrogens with zero attached hydrogens (tertiary/aromatic N) is 2. The molecule has 4 nitrogen and oxygen atoms in total. The molecule has 0 aromatic rings. The van der Waals surface area contributed by atoms with Crippen LogP contribution >= 0.6 is 0 Å². The lowest BCUT2D eigenvalue weighted by Crippen LogP contribution is -2.26. The second-order valence-corrected chi connectivity index (χ2v) is 3.29. The molecule has 1 unspecified atom stereocenters. The molecule has 0 aromatic heterocycles. The average Bonchev–Trinajstić information content (AvgIpc) is 2.66. The van der Waals surface area contributed by atoms with Crippen molar-refractivity contribution in [1.29, 1.82) is 0 Å². The van der Waals surface area contributed by atoms with Gasteiger partial charge in [-0.1, -0.05) is 6.58 Å². The Morgan fingerprint density at radius 2 is 2.57 bits per heavy atom. The number of aliphatic imine (C=N–C) groups is 1. The summed E-state index contributed by atoms with van der Waals surface area (Å²) in [6.45, 7) is 5.02. The summed E-state index contributed by atoms with van der Waals surface area (Å²) in [6.07, 6.45) is 4.44. The van der Waals surface area contributed by atoms with E-state index in [9.17, 15) is 4.79 Å².